The Morgan fingerprint density at radius 1 is 1.26 bits per heavy atom. The van der Waals surface area contributed by atoms with E-state index in [0.29, 0.717) is 35.0 Å². The third-order valence-electron chi connectivity index (χ3n) is 2.80. The van der Waals surface area contributed by atoms with Crippen LogP contribution in [0.4, 0.5) is 0 Å². The van der Waals surface area contributed by atoms with Crippen LogP contribution in [-0.4, -0.2) is 37.3 Å². The summed E-state index contributed by atoms with van der Waals surface area (Å²) >= 11 is 11.6. The SMILES string of the molecule is CS(=O)(=O)c1nnc(CCCNC(=O)c2ccc(Cl)c(Cl)c2)o1. The van der Waals surface area contributed by atoms with Crippen LogP contribution in [-0.2, 0) is 16.3 Å². The number of nitrogens with one attached hydrogen (secondary N) is 1. The van der Waals surface area contributed by atoms with Crippen molar-refractivity contribution < 1.29 is 17.6 Å². The molecule has 2 rings (SSSR count). The van der Waals surface area contributed by atoms with Crippen molar-refractivity contribution in [3.63, 3.8) is 0 Å². The first kappa shape index (κ1) is 17.7. The highest BCUT2D eigenvalue weighted by atomic mass is 35.5. The topological polar surface area (TPSA) is 102 Å². The normalized spacial score (nSPS) is 11.4. The largest absolute Gasteiger partial charge is 0.413 e. The minimum atomic E-state index is -3.50. The Kier molecular flexibility index (Phi) is 5.61. The molecule has 10 heteroatoms. The van der Waals surface area contributed by atoms with Crippen LogP contribution in [0.15, 0.2) is 27.8 Å². The number of rotatable bonds is 6. The van der Waals surface area contributed by atoms with Gasteiger partial charge in [-0.3, -0.25) is 4.79 Å². The number of hydrogen-bond acceptors (Lipinski definition) is 6. The van der Waals surface area contributed by atoms with Gasteiger partial charge in [-0.25, -0.2) is 8.42 Å². The second-order valence-corrected chi connectivity index (χ2v) is 7.43. The highest BCUT2D eigenvalue weighted by Crippen LogP contribution is 2.22. The van der Waals surface area contributed by atoms with Crippen molar-refractivity contribution in [2.45, 2.75) is 18.1 Å². The second-order valence-electron chi connectivity index (χ2n) is 4.72. The maximum atomic E-state index is 11.9. The quantitative estimate of drug-likeness (QED) is 0.773. The minimum absolute atomic E-state index is 0.203. The first-order valence-electron chi connectivity index (χ1n) is 6.53. The van der Waals surface area contributed by atoms with Crippen LogP contribution in [0.25, 0.3) is 0 Å². The molecule has 0 radical (unpaired) electrons. The molecule has 0 fully saturated rings. The van der Waals surface area contributed by atoms with Crippen molar-refractivity contribution in [1.82, 2.24) is 15.5 Å². The number of amides is 1. The summed E-state index contributed by atoms with van der Waals surface area (Å²) < 4.78 is 27.4. The molecular weight excluding hydrogens is 365 g/mol. The highest BCUT2D eigenvalue weighted by Gasteiger charge is 2.16. The zero-order chi connectivity index (χ0) is 17.0. The van der Waals surface area contributed by atoms with Gasteiger partial charge in [0.1, 0.15) is 0 Å². The maximum absolute atomic E-state index is 11.9. The Bertz CT molecular complexity index is 820. The lowest BCUT2D eigenvalue weighted by atomic mass is 10.2. The Morgan fingerprint density at radius 3 is 2.61 bits per heavy atom. The molecule has 0 spiro atoms. The van der Waals surface area contributed by atoms with Crippen molar-refractivity contribution >= 4 is 38.9 Å². The Balaban J connectivity index is 1.82. The molecule has 0 atom stereocenters. The predicted molar refractivity (Wildman–Crippen MR) is 84.5 cm³/mol. The van der Waals surface area contributed by atoms with Crippen molar-refractivity contribution in [3.8, 4) is 0 Å². The zero-order valence-electron chi connectivity index (χ0n) is 12.0. The van der Waals surface area contributed by atoms with Gasteiger partial charge >= 0.3 is 5.22 Å². The summed E-state index contributed by atoms with van der Waals surface area (Å²) in [7, 11) is -3.50. The van der Waals surface area contributed by atoms with Crippen molar-refractivity contribution in [1.29, 1.82) is 0 Å². The van der Waals surface area contributed by atoms with E-state index in [4.69, 9.17) is 27.6 Å². The van der Waals surface area contributed by atoms with Gasteiger partial charge < -0.3 is 9.73 Å². The molecule has 124 valence electrons. The fourth-order valence-corrected chi connectivity index (χ4v) is 2.40. The minimum Gasteiger partial charge on any atom is -0.413 e. The van der Waals surface area contributed by atoms with Gasteiger partial charge in [-0.05, 0) is 24.6 Å². The number of carbonyl (C=O) groups excluding carboxylic acids is 1. The standard InChI is InChI=1S/C13H13Cl2N3O4S/c1-23(20,21)13-18-17-11(22-13)3-2-6-16-12(19)8-4-5-9(14)10(15)7-8/h4-5,7H,2-3,6H2,1H3,(H,16,19). The van der Waals surface area contributed by atoms with E-state index >= 15 is 0 Å². The molecule has 0 bridgehead atoms. The van der Waals surface area contributed by atoms with E-state index in [9.17, 15) is 13.2 Å². The fourth-order valence-electron chi connectivity index (χ4n) is 1.67. The molecule has 0 saturated heterocycles. The van der Waals surface area contributed by atoms with Crippen LogP contribution in [0.3, 0.4) is 0 Å². The van der Waals surface area contributed by atoms with Gasteiger partial charge in [-0.15, -0.1) is 5.10 Å². The van der Waals surface area contributed by atoms with E-state index in [0.717, 1.165) is 6.26 Å². The maximum Gasteiger partial charge on any atom is 0.335 e. The molecule has 0 aliphatic carbocycles. The third-order valence-corrected chi connectivity index (χ3v) is 4.34. The highest BCUT2D eigenvalue weighted by molar-refractivity contribution is 7.90. The van der Waals surface area contributed by atoms with Gasteiger partial charge in [0.25, 0.3) is 5.91 Å². The Hall–Kier alpha value is -1.64. The molecule has 1 amide bonds. The van der Waals surface area contributed by atoms with E-state index < -0.39 is 15.1 Å². The monoisotopic (exact) mass is 377 g/mol. The van der Waals surface area contributed by atoms with Gasteiger partial charge in [0.15, 0.2) is 0 Å². The number of carbonyl (C=O) groups is 1. The number of halogens is 2. The number of aromatic nitrogens is 2. The lowest BCUT2D eigenvalue weighted by Crippen LogP contribution is -2.24. The number of hydrogen-bond donors (Lipinski definition) is 1. The number of aryl methyl sites for hydroxylation is 1. The van der Waals surface area contributed by atoms with Crippen LogP contribution < -0.4 is 5.32 Å². The number of sulfone groups is 1. The summed E-state index contributed by atoms with van der Waals surface area (Å²) in [6, 6.07) is 4.60. The van der Waals surface area contributed by atoms with E-state index in [-0.39, 0.29) is 11.8 Å². The van der Waals surface area contributed by atoms with Gasteiger partial charge in [0, 0.05) is 24.8 Å². The lowest BCUT2D eigenvalue weighted by molar-refractivity contribution is 0.0953. The summed E-state index contributed by atoms with van der Waals surface area (Å²) in [4.78, 5) is 11.9. The van der Waals surface area contributed by atoms with Crippen LogP contribution >= 0.6 is 23.2 Å². The van der Waals surface area contributed by atoms with E-state index in [2.05, 4.69) is 15.5 Å². The van der Waals surface area contributed by atoms with Gasteiger partial charge in [0.2, 0.25) is 15.7 Å². The summed E-state index contributed by atoms with van der Waals surface area (Å²) in [5.74, 6) is -0.0832. The fraction of sp³-hybridized carbons (Fsp3) is 0.308. The molecule has 2 aromatic rings. The van der Waals surface area contributed by atoms with E-state index in [1.54, 1.807) is 12.1 Å². The first-order chi connectivity index (χ1) is 10.8. The summed E-state index contributed by atoms with van der Waals surface area (Å²) in [6.45, 7) is 0.357. The van der Waals surface area contributed by atoms with Gasteiger partial charge in [-0.1, -0.05) is 28.3 Å². The van der Waals surface area contributed by atoms with Crippen molar-refractivity contribution in [2.24, 2.45) is 0 Å². The van der Waals surface area contributed by atoms with E-state index in [1.165, 1.54) is 6.07 Å². The van der Waals surface area contributed by atoms with Crippen LogP contribution in [0.5, 0.6) is 0 Å². The molecule has 1 aromatic heterocycles. The molecule has 1 N–H and O–H groups in total. The van der Waals surface area contributed by atoms with Crippen LogP contribution in [0.1, 0.15) is 22.7 Å². The van der Waals surface area contributed by atoms with Crippen LogP contribution in [0.2, 0.25) is 10.0 Å². The molecule has 0 aliphatic rings. The van der Waals surface area contributed by atoms with Gasteiger partial charge in [-0.2, -0.15) is 0 Å². The molecule has 23 heavy (non-hydrogen) atoms. The van der Waals surface area contributed by atoms with Crippen molar-refractivity contribution in [3.05, 3.63) is 39.7 Å². The molecule has 7 nitrogen and oxygen atoms in total. The Morgan fingerprint density at radius 2 is 2.00 bits per heavy atom. The molecule has 1 aromatic carbocycles. The molecular formula is C13H13Cl2N3O4S. The zero-order valence-corrected chi connectivity index (χ0v) is 14.4. The third kappa shape index (κ3) is 4.92. The van der Waals surface area contributed by atoms with Crippen LogP contribution in [0, 0.1) is 0 Å². The molecule has 0 aliphatic heterocycles. The van der Waals surface area contributed by atoms with Crippen molar-refractivity contribution in [2.75, 3.05) is 12.8 Å². The molecule has 0 unspecified atom stereocenters. The summed E-state index contributed by atoms with van der Waals surface area (Å²) in [6.07, 6.45) is 1.85. The first-order valence-corrected chi connectivity index (χ1v) is 9.18. The summed E-state index contributed by atoms with van der Waals surface area (Å²) in [5.41, 5.74) is 0.400. The second kappa shape index (κ2) is 7.29. The smallest absolute Gasteiger partial charge is 0.335 e. The van der Waals surface area contributed by atoms with E-state index in [1.807, 2.05) is 0 Å². The number of benzene rings is 1. The average molecular weight is 378 g/mol. The lowest BCUT2D eigenvalue weighted by Gasteiger charge is -2.05. The number of nitrogens with zero attached hydrogens (tertiary/aromatic N) is 2. The molecule has 0 saturated carbocycles. The Labute approximate surface area is 142 Å². The molecule has 1 heterocycles. The van der Waals surface area contributed by atoms with Gasteiger partial charge in [0.05, 0.1) is 10.0 Å². The average Bonchev–Trinajstić information content (AvgIpc) is 2.95. The summed E-state index contributed by atoms with van der Waals surface area (Å²) in [5, 5.41) is 10.1. The predicted octanol–water partition coefficient (Wildman–Crippen LogP) is 2.14.